The number of amides is 2. The molecule has 3 aliphatic rings. The van der Waals surface area contributed by atoms with E-state index in [0.717, 1.165) is 35.7 Å². The maximum Gasteiger partial charge on any atom is 0.337 e. The van der Waals surface area contributed by atoms with Gasteiger partial charge in [0.05, 0.1) is 19.2 Å². The van der Waals surface area contributed by atoms with Crippen molar-refractivity contribution in [1.82, 2.24) is 10.2 Å². The highest BCUT2D eigenvalue weighted by Gasteiger charge is 2.37. The summed E-state index contributed by atoms with van der Waals surface area (Å²) in [6, 6.07) is 5.65. The van der Waals surface area contributed by atoms with Gasteiger partial charge in [0.25, 0.3) is 5.91 Å². The average molecular weight is 449 g/mol. The Bertz CT molecular complexity index is 1130. The molecule has 0 aromatic heterocycles. The summed E-state index contributed by atoms with van der Waals surface area (Å²) in [7, 11) is 1.34. The Kier molecular flexibility index (Phi) is 6.46. The van der Waals surface area contributed by atoms with E-state index in [2.05, 4.69) is 20.9 Å². The van der Waals surface area contributed by atoms with Gasteiger partial charge in [-0.15, -0.1) is 0 Å². The first-order valence-corrected chi connectivity index (χ1v) is 11.1. The molecule has 172 valence electrons. The van der Waals surface area contributed by atoms with E-state index in [1.54, 1.807) is 12.2 Å². The van der Waals surface area contributed by atoms with Gasteiger partial charge in [0.1, 0.15) is 0 Å². The normalized spacial score (nSPS) is 20.8. The molecule has 1 atom stereocenters. The topological polar surface area (TPSA) is 99.8 Å². The van der Waals surface area contributed by atoms with E-state index >= 15 is 0 Å². The zero-order valence-electron chi connectivity index (χ0n) is 19.0. The summed E-state index contributed by atoms with van der Waals surface area (Å²) >= 11 is 0. The minimum absolute atomic E-state index is 0.0483. The summed E-state index contributed by atoms with van der Waals surface area (Å²) in [5.74, 6) is -0.784. The van der Waals surface area contributed by atoms with Gasteiger partial charge in [-0.05, 0) is 49.9 Å². The average Bonchev–Trinajstić information content (AvgIpc) is 3.16. The van der Waals surface area contributed by atoms with Crippen molar-refractivity contribution in [3.8, 4) is 0 Å². The molecule has 0 spiro atoms. The number of nitrogens with zero attached hydrogens (tertiary/aromatic N) is 1. The van der Waals surface area contributed by atoms with E-state index in [0.29, 0.717) is 29.8 Å². The Morgan fingerprint density at radius 2 is 1.97 bits per heavy atom. The summed E-state index contributed by atoms with van der Waals surface area (Å²) in [5, 5.41) is 9.18. The summed E-state index contributed by atoms with van der Waals surface area (Å²) in [4.78, 5) is 38.9. The molecule has 1 aliphatic carbocycles. The number of nitrogens with one attached hydrogen (secondary N) is 3. The van der Waals surface area contributed by atoms with E-state index in [-0.39, 0.29) is 17.7 Å². The molecular formula is C25H28N4O4. The number of fused-ring (bicyclic) bond motifs is 2. The Hall–Kier alpha value is -3.65. The van der Waals surface area contributed by atoms with Crippen LogP contribution >= 0.6 is 0 Å². The maximum atomic E-state index is 12.7. The van der Waals surface area contributed by atoms with Gasteiger partial charge in [-0.25, -0.2) is 4.79 Å². The quantitative estimate of drug-likeness (QED) is 0.457. The summed E-state index contributed by atoms with van der Waals surface area (Å²) in [6.45, 7) is 6.06. The molecule has 3 N–H and O–H groups in total. The van der Waals surface area contributed by atoms with Gasteiger partial charge in [-0.1, -0.05) is 26.0 Å². The summed E-state index contributed by atoms with van der Waals surface area (Å²) in [6.07, 6.45) is 7.82. The first-order chi connectivity index (χ1) is 15.9. The second-order valence-corrected chi connectivity index (χ2v) is 8.09. The van der Waals surface area contributed by atoms with E-state index in [1.165, 1.54) is 7.11 Å². The lowest BCUT2D eigenvalue weighted by atomic mass is 9.88. The van der Waals surface area contributed by atoms with Gasteiger partial charge in [0.2, 0.25) is 5.91 Å². The molecule has 1 unspecified atom stereocenters. The molecule has 1 fully saturated rings. The zero-order valence-corrected chi connectivity index (χ0v) is 19.0. The lowest BCUT2D eigenvalue weighted by molar-refractivity contribution is -0.135. The van der Waals surface area contributed by atoms with Gasteiger partial charge < -0.3 is 20.7 Å². The number of carbonyl (C=O) groups excluding carboxylic acids is 3. The fourth-order valence-corrected chi connectivity index (χ4v) is 4.28. The van der Waals surface area contributed by atoms with Crippen LogP contribution in [-0.4, -0.2) is 49.4 Å². The molecule has 0 radical (unpaired) electrons. The number of likely N-dealkylation sites (N-methyl/N-ethyl adjacent to an activating group) is 1. The highest BCUT2D eigenvalue weighted by molar-refractivity contribution is 6.03. The van der Waals surface area contributed by atoms with Gasteiger partial charge in [-0.3, -0.25) is 14.5 Å². The van der Waals surface area contributed by atoms with Crippen LogP contribution in [0.4, 0.5) is 11.4 Å². The van der Waals surface area contributed by atoms with Crippen LogP contribution in [0.15, 0.2) is 59.0 Å². The number of esters is 1. The molecule has 2 aliphatic heterocycles. The van der Waals surface area contributed by atoms with Crippen LogP contribution in [0, 0.1) is 5.92 Å². The SMILES string of the molecule is CCN(CC)CC(=O)Nc1ccc2c(c1)C=C/C(=C1/C(=O)NC3=CC(C(=O)OC)=CCC31)N2. The van der Waals surface area contributed by atoms with Crippen molar-refractivity contribution in [2.75, 3.05) is 37.4 Å². The first kappa shape index (κ1) is 22.5. The first-order valence-electron chi connectivity index (χ1n) is 11.1. The van der Waals surface area contributed by atoms with Crippen LogP contribution in [0.3, 0.4) is 0 Å². The largest absolute Gasteiger partial charge is 0.465 e. The Labute approximate surface area is 193 Å². The second-order valence-electron chi connectivity index (χ2n) is 8.09. The van der Waals surface area contributed by atoms with Crippen molar-refractivity contribution in [3.63, 3.8) is 0 Å². The standard InChI is InChI=1S/C25H28N4O4/c1-4-29(5-2)14-22(30)26-17-8-11-19-15(12-17)7-10-20(27-19)23-18-9-6-16(25(32)33-3)13-21(18)28-24(23)31/h6-8,10-13,18,27H,4-5,9,14H2,1-3H3,(H,26,30)(H,28,31)/b23-20-. The highest BCUT2D eigenvalue weighted by atomic mass is 16.5. The van der Waals surface area contributed by atoms with Crippen LogP contribution in [0.2, 0.25) is 0 Å². The maximum absolute atomic E-state index is 12.7. The fraction of sp³-hybridized carbons (Fsp3) is 0.320. The number of ether oxygens (including phenoxy) is 1. The van der Waals surface area contributed by atoms with Crippen molar-refractivity contribution < 1.29 is 19.1 Å². The minimum atomic E-state index is -0.416. The molecule has 1 aromatic carbocycles. The summed E-state index contributed by atoms with van der Waals surface area (Å²) < 4.78 is 4.78. The number of allylic oxidation sites excluding steroid dienone is 3. The number of benzene rings is 1. The second kappa shape index (κ2) is 9.46. The van der Waals surface area contributed by atoms with E-state index in [9.17, 15) is 14.4 Å². The molecule has 4 rings (SSSR count). The molecule has 1 saturated heterocycles. The van der Waals surface area contributed by atoms with Gasteiger partial charge in [-0.2, -0.15) is 0 Å². The number of hydrogen-bond donors (Lipinski definition) is 3. The zero-order chi connectivity index (χ0) is 23.5. The third-order valence-electron chi connectivity index (χ3n) is 6.12. The Balaban J connectivity index is 1.51. The molecule has 8 heteroatoms. The van der Waals surface area contributed by atoms with Crippen LogP contribution in [-0.2, 0) is 19.1 Å². The van der Waals surface area contributed by atoms with Crippen LogP contribution < -0.4 is 16.0 Å². The number of hydrogen-bond acceptors (Lipinski definition) is 6. The summed E-state index contributed by atoms with van der Waals surface area (Å²) in [5.41, 5.74) is 5.02. The molecule has 0 bridgehead atoms. The van der Waals surface area contributed by atoms with Crippen LogP contribution in [0.1, 0.15) is 25.8 Å². The van der Waals surface area contributed by atoms with E-state index in [1.807, 2.05) is 44.2 Å². The Morgan fingerprint density at radius 1 is 1.18 bits per heavy atom. The third-order valence-corrected chi connectivity index (χ3v) is 6.12. The molecule has 1 aromatic rings. The molecular weight excluding hydrogens is 420 g/mol. The molecule has 33 heavy (non-hydrogen) atoms. The highest BCUT2D eigenvalue weighted by Crippen LogP contribution is 2.38. The van der Waals surface area contributed by atoms with Gasteiger partial charge in [0, 0.05) is 39.8 Å². The van der Waals surface area contributed by atoms with Crippen molar-refractivity contribution >= 4 is 35.2 Å². The van der Waals surface area contributed by atoms with Gasteiger partial charge >= 0.3 is 5.97 Å². The van der Waals surface area contributed by atoms with Crippen molar-refractivity contribution in [3.05, 3.63) is 64.5 Å². The number of carbonyl (C=O) groups is 3. The predicted molar refractivity (Wildman–Crippen MR) is 127 cm³/mol. The molecule has 8 nitrogen and oxygen atoms in total. The third kappa shape index (κ3) is 4.61. The number of anilines is 2. The lowest BCUT2D eigenvalue weighted by Crippen LogP contribution is -2.32. The Morgan fingerprint density at radius 3 is 2.70 bits per heavy atom. The molecule has 2 amide bonds. The molecule has 2 heterocycles. The number of methoxy groups -OCH3 is 1. The van der Waals surface area contributed by atoms with Crippen LogP contribution in [0.25, 0.3) is 6.08 Å². The van der Waals surface area contributed by atoms with Crippen molar-refractivity contribution in [2.24, 2.45) is 5.92 Å². The molecule has 0 saturated carbocycles. The van der Waals surface area contributed by atoms with Crippen molar-refractivity contribution in [1.29, 1.82) is 0 Å². The minimum Gasteiger partial charge on any atom is -0.465 e. The van der Waals surface area contributed by atoms with Gasteiger partial charge in [0.15, 0.2) is 0 Å². The lowest BCUT2D eigenvalue weighted by Gasteiger charge is -2.22. The fourth-order valence-electron chi connectivity index (χ4n) is 4.28. The van der Waals surface area contributed by atoms with Crippen LogP contribution in [0.5, 0.6) is 0 Å². The smallest absolute Gasteiger partial charge is 0.337 e. The van der Waals surface area contributed by atoms with E-state index in [4.69, 9.17) is 4.74 Å². The monoisotopic (exact) mass is 448 g/mol. The van der Waals surface area contributed by atoms with E-state index < -0.39 is 5.97 Å². The van der Waals surface area contributed by atoms with Crippen molar-refractivity contribution in [2.45, 2.75) is 20.3 Å². The number of rotatable bonds is 6. The predicted octanol–water partition coefficient (Wildman–Crippen LogP) is 2.79.